The highest BCUT2D eigenvalue weighted by atomic mass is 79.9. The Morgan fingerprint density at radius 1 is 1.04 bits per heavy atom. The Morgan fingerprint density at radius 2 is 1.76 bits per heavy atom. The molecule has 0 fully saturated rings. The number of hydrogen-bond donors (Lipinski definition) is 2. The van der Waals surface area contributed by atoms with Gasteiger partial charge in [0.05, 0.1) is 4.92 Å². The highest BCUT2D eigenvalue weighted by Crippen LogP contribution is 2.32. The summed E-state index contributed by atoms with van der Waals surface area (Å²) in [7, 11) is 0. The summed E-state index contributed by atoms with van der Waals surface area (Å²) in [5.41, 5.74) is 0.481. The van der Waals surface area contributed by atoms with Crippen LogP contribution in [-0.2, 0) is 0 Å². The lowest BCUT2D eigenvalue weighted by Gasteiger charge is -2.09. The molecule has 0 aliphatic heterocycles. The molecule has 3 aromatic heterocycles. The molecular weight excluding hydrogens is 390 g/mol. The number of pyridine rings is 2. The van der Waals surface area contributed by atoms with Crippen LogP contribution in [0.1, 0.15) is 5.69 Å². The molecular formula is C15H12BrN7O2. The van der Waals surface area contributed by atoms with E-state index in [4.69, 9.17) is 0 Å². The molecule has 3 heterocycles. The fraction of sp³-hybridized carbons (Fsp3) is 0.0667. The van der Waals surface area contributed by atoms with Crippen molar-refractivity contribution in [1.29, 1.82) is 0 Å². The lowest BCUT2D eigenvalue weighted by Crippen LogP contribution is -2.06. The Morgan fingerprint density at radius 3 is 2.36 bits per heavy atom. The molecule has 126 valence electrons. The minimum atomic E-state index is -0.556. The van der Waals surface area contributed by atoms with Crippen molar-refractivity contribution in [1.82, 2.24) is 19.9 Å². The maximum Gasteiger partial charge on any atom is 0.354 e. The van der Waals surface area contributed by atoms with Crippen molar-refractivity contribution in [3.63, 3.8) is 0 Å². The molecule has 0 aromatic carbocycles. The van der Waals surface area contributed by atoms with Gasteiger partial charge >= 0.3 is 5.69 Å². The fourth-order valence-electron chi connectivity index (χ4n) is 2.04. The second-order valence-corrected chi connectivity index (χ2v) is 5.87. The van der Waals surface area contributed by atoms with Crippen LogP contribution in [-0.4, -0.2) is 24.9 Å². The van der Waals surface area contributed by atoms with Crippen molar-refractivity contribution in [3.05, 3.63) is 63.1 Å². The molecule has 0 saturated carbocycles. The zero-order chi connectivity index (χ0) is 17.8. The molecule has 0 saturated heterocycles. The second-order valence-electron chi connectivity index (χ2n) is 4.95. The van der Waals surface area contributed by atoms with E-state index in [1.54, 1.807) is 30.5 Å². The van der Waals surface area contributed by atoms with Gasteiger partial charge < -0.3 is 10.6 Å². The summed E-state index contributed by atoms with van der Waals surface area (Å²) in [5, 5.41) is 17.2. The third kappa shape index (κ3) is 4.04. The lowest BCUT2D eigenvalue weighted by molar-refractivity contribution is -0.383. The smallest absolute Gasteiger partial charge is 0.319 e. The highest BCUT2D eigenvalue weighted by molar-refractivity contribution is 9.10. The first-order chi connectivity index (χ1) is 12.0. The molecule has 0 unspecified atom stereocenters. The summed E-state index contributed by atoms with van der Waals surface area (Å²) in [6, 6.07) is 8.75. The van der Waals surface area contributed by atoms with Gasteiger partial charge in [-0.1, -0.05) is 6.07 Å². The van der Waals surface area contributed by atoms with E-state index in [2.05, 4.69) is 46.5 Å². The summed E-state index contributed by atoms with van der Waals surface area (Å²) in [6.45, 7) is 1.83. The van der Waals surface area contributed by atoms with Gasteiger partial charge in [-0.3, -0.25) is 10.1 Å². The maximum atomic E-state index is 11.5. The standard InChI is InChI=1S/C15H12BrN7O2/c1-9-3-2-4-12(20-9)22-15-13(23(24)25)14(18-8-19-15)21-11-6-5-10(16)7-17-11/h2-8H,1H3,(H2,17,18,19,20,21,22). The van der Waals surface area contributed by atoms with Gasteiger partial charge in [0.2, 0.25) is 11.6 Å². The third-order valence-corrected chi connectivity index (χ3v) is 3.58. The largest absolute Gasteiger partial charge is 0.354 e. The Bertz CT molecular complexity index is 918. The summed E-state index contributed by atoms with van der Waals surface area (Å²) >= 11 is 3.28. The highest BCUT2D eigenvalue weighted by Gasteiger charge is 2.23. The van der Waals surface area contributed by atoms with Crippen LogP contribution < -0.4 is 10.6 Å². The van der Waals surface area contributed by atoms with Crippen molar-refractivity contribution >= 4 is 44.9 Å². The van der Waals surface area contributed by atoms with Crippen molar-refractivity contribution in [2.45, 2.75) is 6.92 Å². The number of aryl methyl sites for hydroxylation is 1. The normalized spacial score (nSPS) is 10.3. The van der Waals surface area contributed by atoms with Crippen LogP contribution in [0.5, 0.6) is 0 Å². The molecule has 0 aliphatic rings. The van der Waals surface area contributed by atoms with E-state index in [1.165, 1.54) is 6.33 Å². The predicted molar refractivity (Wildman–Crippen MR) is 96.2 cm³/mol. The minimum absolute atomic E-state index is 0.0324. The quantitative estimate of drug-likeness (QED) is 0.490. The van der Waals surface area contributed by atoms with Crippen LogP contribution in [0.25, 0.3) is 0 Å². The molecule has 0 spiro atoms. The number of hydrogen-bond acceptors (Lipinski definition) is 8. The van der Waals surface area contributed by atoms with E-state index >= 15 is 0 Å². The van der Waals surface area contributed by atoms with Crippen LogP contribution in [0.15, 0.2) is 47.3 Å². The maximum absolute atomic E-state index is 11.5. The zero-order valence-corrected chi connectivity index (χ0v) is 14.6. The number of rotatable bonds is 5. The molecule has 0 aliphatic carbocycles. The molecule has 3 aromatic rings. The van der Waals surface area contributed by atoms with Gasteiger partial charge in [-0.15, -0.1) is 0 Å². The molecule has 0 atom stereocenters. The van der Waals surface area contributed by atoms with Crippen molar-refractivity contribution in [2.24, 2.45) is 0 Å². The SMILES string of the molecule is Cc1cccc(Nc2ncnc(Nc3ccc(Br)cn3)c2[N+](=O)[O-])n1. The minimum Gasteiger partial charge on any atom is -0.319 e. The van der Waals surface area contributed by atoms with Gasteiger partial charge in [0.25, 0.3) is 0 Å². The molecule has 10 heteroatoms. The van der Waals surface area contributed by atoms with Crippen LogP contribution >= 0.6 is 15.9 Å². The molecule has 3 rings (SSSR count). The summed E-state index contributed by atoms with van der Waals surface area (Å²) in [4.78, 5) is 27.3. The summed E-state index contributed by atoms with van der Waals surface area (Å²) in [6.07, 6.45) is 2.80. The molecule has 2 N–H and O–H groups in total. The molecule has 0 radical (unpaired) electrons. The third-order valence-electron chi connectivity index (χ3n) is 3.11. The Balaban J connectivity index is 1.96. The van der Waals surface area contributed by atoms with Gasteiger partial charge in [-0.2, -0.15) is 0 Å². The topological polar surface area (TPSA) is 119 Å². The lowest BCUT2D eigenvalue weighted by atomic mass is 10.3. The van der Waals surface area contributed by atoms with Gasteiger partial charge in [0, 0.05) is 16.4 Å². The van der Waals surface area contributed by atoms with Gasteiger partial charge in [-0.25, -0.2) is 19.9 Å². The predicted octanol–water partition coefficient (Wildman–Crippen LogP) is 3.73. The fourth-order valence-corrected chi connectivity index (χ4v) is 2.27. The Labute approximate surface area is 150 Å². The Kier molecular flexibility index (Phi) is 4.80. The first-order valence-corrected chi connectivity index (χ1v) is 7.91. The van der Waals surface area contributed by atoms with Gasteiger partial charge in [-0.05, 0) is 47.1 Å². The number of nitro groups is 1. The zero-order valence-electron chi connectivity index (χ0n) is 13.0. The molecule has 25 heavy (non-hydrogen) atoms. The number of anilines is 4. The van der Waals surface area contributed by atoms with Crippen molar-refractivity contribution in [2.75, 3.05) is 10.6 Å². The number of aromatic nitrogens is 4. The van der Waals surface area contributed by atoms with Gasteiger partial charge in [0.1, 0.15) is 18.0 Å². The van der Waals surface area contributed by atoms with Crippen molar-refractivity contribution in [3.8, 4) is 0 Å². The number of nitrogens with one attached hydrogen (secondary N) is 2. The van der Waals surface area contributed by atoms with E-state index < -0.39 is 4.92 Å². The van der Waals surface area contributed by atoms with Crippen LogP contribution in [0.3, 0.4) is 0 Å². The molecule has 0 bridgehead atoms. The van der Waals surface area contributed by atoms with E-state index in [-0.39, 0.29) is 17.3 Å². The Hall–Kier alpha value is -3.14. The number of halogens is 1. The van der Waals surface area contributed by atoms with E-state index in [0.717, 1.165) is 10.2 Å². The second kappa shape index (κ2) is 7.18. The number of nitrogens with zero attached hydrogens (tertiary/aromatic N) is 5. The van der Waals surface area contributed by atoms with E-state index in [0.29, 0.717) is 11.6 Å². The van der Waals surface area contributed by atoms with Gasteiger partial charge in [0.15, 0.2) is 0 Å². The average molecular weight is 402 g/mol. The average Bonchev–Trinajstić information content (AvgIpc) is 2.57. The molecule has 0 amide bonds. The first-order valence-electron chi connectivity index (χ1n) is 7.11. The first kappa shape index (κ1) is 16.7. The van der Waals surface area contributed by atoms with E-state index in [9.17, 15) is 10.1 Å². The summed E-state index contributed by atoms with van der Waals surface area (Å²) < 4.78 is 0.795. The van der Waals surface area contributed by atoms with Crippen molar-refractivity contribution < 1.29 is 4.92 Å². The van der Waals surface area contributed by atoms with E-state index in [1.807, 2.05) is 13.0 Å². The summed E-state index contributed by atoms with van der Waals surface area (Å²) in [5.74, 6) is 0.946. The molecule has 9 nitrogen and oxygen atoms in total. The van der Waals surface area contributed by atoms with Crippen LogP contribution in [0.2, 0.25) is 0 Å². The monoisotopic (exact) mass is 401 g/mol. The van der Waals surface area contributed by atoms with Crippen LogP contribution in [0.4, 0.5) is 29.0 Å². The van der Waals surface area contributed by atoms with Crippen LogP contribution in [0, 0.1) is 17.0 Å².